The van der Waals surface area contributed by atoms with Gasteiger partial charge in [0, 0.05) is 12.2 Å². The number of rotatable bonds is 5. The second-order valence-electron chi connectivity index (χ2n) is 3.86. The molecule has 1 aromatic carbocycles. The number of nitrogens with one attached hydrogen (secondary N) is 1. The number of aliphatic hydroxyl groups is 2. The monoisotopic (exact) mass is 273 g/mol. The van der Waals surface area contributed by atoms with Crippen LogP contribution >= 0.6 is 11.6 Å². The van der Waals surface area contributed by atoms with Gasteiger partial charge in [0.2, 0.25) is 0 Å². The Morgan fingerprint density at radius 2 is 2.22 bits per heavy atom. The Balaban J connectivity index is 2.90. The number of hydrogen-bond acceptors (Lipinski definition) is 5. The lowest BCUT2D eigenvalue weighted by molar-refractivity contribution is 0.0601. The van der Waals surface area contributed by atoms with Crippen molar-refractivity contribution < 1.29 is 19.7 Å². The van der Waals surface area contributed by atoms with E-state index in [9.17, 15) is 9.90 Å². The molecule has 0 aromatic heterocycles. The Labute approximate surface area is 110 Å². The fourth-order valence-corrected chi connectivity index (χ4v) is 1.67. The highest BCUT2D eigenvalue weighted by Gasteiger charge is 2.13. The van der Waals surface area contributed by atoms with Crippen LogP contribution in [0.1, 0.15) is 15.9 Å². The van der Waals surface area contributed by atoms with Crippen LogP contribution < -0.4 is 5.32 Å². The summed E-state index contributed by atoms with van der Waals surface area (Å²) in [5.41, 5.74) is 1.79. The number of carbonyl (C=O) groups is 1. The van der Waals surface area contributed by atoms with Gasteiger partial charge >= 0.3 is 5.97 Å². The molecule has 100 valence electrons. The molecule has 0 saturated heterocycles. The minimum atomic E-state index is -0.844. The average Bonchev–Trinajstić information content (AvgIpc) is 2.37. The number of halogens is 1. The molecule has 5 nitrogen and oxygen atoms in total. The molecule has 0 heterocycles. The van der Waals surface area contributed by atoms with Gasteiger partial charge in [-0.05, 0) is 24.6 Å². The van der Waals surface area contributed by atoms with Gasteiger partial charge in [0.25, 0.3) is 0 Å². The van der Waals surface area contributed by atoms with E-state index in [4.69, 9.17) is 16.7 Å². The van der Waals surface area contributed by atoms with Gasteiger partial charge in [0.15, 0.2) is 0 Å². The van der Waals surface area contributed by atoms with E-state index in [2.05, 4.69) is 10.1 Å². The van der Waals surface area contributed by atoms with Crippen molar-refractivity contribution in [1.82, 2.24) is 0 Å². The summed E-state index contributed by atoms with van der Waals surface area (Å²) in [6, 6.07) is 3.20. The molecule has 0 spiro atoms. The molecule has 0 saturated carbocycles. The van der Waals surface area contributed by atoms with Crippen molar-refractivity contribution in [2.45, 2.75) is 13.0 Å². The van der Waals surface area contributed by atoms with Crippen molar-refractivity contribution in [1.29, 1.82) is 0 Å². The fourth-order valence-electron chi connectivity index (χ4n) is 1.43. The van der Waals surface area contributed by atoms with E-state index in [1.165, 1.54) is 7.11 Å². The highest BCUT2D eigenvalue weighted by molar-refractivity contribution is 6.33. The van der Waals surface area contributed by atoms with Crippen LogP contribution in [-0.4, -0.2) is 42.5 Å². The number of methoxy groups -OCH3 is 1. The van der Waals surface area contributed by atoms with Crippen molar-refractivity contribution in [3.05, 3.63) is 28.3 Å². The molecule has 0 aliphatic rings. The SMILES string of the molecule is COC(=O)c1cc(C)c(NCC(O)CO)cc1Cl. The van der Waals surface area contributed by atoms with Crippen molar-refractivity contribution in [3.63, 3.8) is 0 Å². The highest BCUT2D eigenvalue weighted by Crippen LogP contribution is 2.25. The van der Waals surface area contributed by atoms with E-state index in [-0.39, 0.29) is 18.2 Å². The predicted molar refractivity (Wildman–Crippen MR) is 69.1 cm³/mol. The second kappa shape index (κ2) is 6.58. The Kier molecular flexibility index (Phi) is 5.40. The zero-order valence-corrected chi connectivity index (χ0v) is 11.0. The van der Waals surface area contributed by atoms with Crippen LogP contribution in [0, 0.1) is 6.92 Å². The van der Waals surface area contributed by atoms with Gasteiger partial charge in [0.05, 0.1) is 30.4 Å². The maximum absolute atomic E-state index is 11.4. The summed E-state index contributed by atoms with van der Waals surface area (Å²) >= 11 is 5.97. The van der Waals surface area contributed by atoms with Crippen molar-refractivity contribution in [3.8, 4) is 0 Å². The van der Waals surface area contributed by atoms with Crippen molar-refractivity contribution >= 4 is 23.3 Å². The smallest absolute Gasteiger partial charge is 0.339 e. The van der Waals surface area contributed by atoms with E-state index in [1.807, 2.05) is 0 Å². The molecule has 1 atom stereocenters. The minimum Gasteiger partial charge on any atom is -0.465 e. The molecule has 0 fully saturated rings. The first-order valence-corrected chi connectivity index (χ1v) is 5.78. The molecule has 0 amide bonds. The van der Waals surface area contributed by atoms with E-state index in [0.29, 0.717) is 11.3 Å². The molecule has 1 unspecified atom stereocenters. The summed E-state index contributed by atoms with van der Waals surface area (Å²) < 4.78 is 4.61. The van der Waals surface area contributed by atoms with E-state index in [1.54, 1.807) is 19.1 Å². The third-order valence-electron chi connectivity index (χ3n) is 2.46. The van der Waals surface area contributed by atoms with Gasteiger partial charge in [-0.3, -0.25) is 0 Å². The first kappa shape index (κ1) is 14.8. The van der Waals surface area contributed by atoms with E-state index < -0.39 is 12.1 Å². The summed E-state index contributed by atoms with van der Waals surface area (Å²) in [4.78, 5) is 11.4. The van der Waals surface area contributed by atoms with Gasteiger partial charge in [-0.25, -0.2) is 4.79 Å². The molecule has 3 N–H and O–H groups in total. The van der Waals surface area contributed by atoms with Gasteiger partial charge in [-0.15, -0.1) is 0 Å². The Morgan fingerprint density at radius 3 is 2.78 bits per heavy atom. The molecule has 0 aliphatic heterocycles. The second-order valence-corrected chi connectivity index (χ2v) is 4.26. The molecule has 0 radical (unpaired) electrons. The molecular formula is C12H16ClNO4. The Bertz CT molecular complexity index is 436. The number of aliphatic hydroxyl groups excluding tert-OH is 2. The molecule has 6 heteroatoms. The minimum absolute atomic E-state index is 0.200. The first-order valence-electron chi connectivity index (χ1n) is 5.40. The van der Waals surface area contributed by atoms with Crippen LogP contribution in [0.15, 0.2) is 12.1 Å². The summed E-state index contributed by atoms with van der Waals surface area (Å²) in [6.07, 6.45) is -0.844. The van der Waals surface area contributed by atoms with Crippen LogP contribution in [0.2, 0.25) is 5.02 Å². The Hall–Kier alpha value is -1.30. The van der Waals surface area contributed by atoms with Crippen LogP contribution in [0.25, 0.3) is 0 Å². The number of ether oxygens (including phenoxy) is 1. The van der Waals surface area contributed by atoms with E-state index in [0.717, 1.165) is 5.56 Å². The molecule has 1 aromatic rings. The lowest BCUT2D eigenvalue weighted by atomic mass is 10.1. The molecule has 18 heavy (non-hydrogen) atoms. The third-order valence-corrected chi connectivity index (χ3v) is 2.77. The number of benzene rings is 1. The third kappa shape index (κ3) is 3.60. The number of esters is 1. The molecule has 1 rings (SSSR count). The zero-order chi connectivity index (χ0) is 13.7. The van der Waals surface area contributed by atoms with Crippen LogP contribution in [0.4, 0.5) is 5.69 Å². The topological polar surface area (TPSA) is 78.8 Å². The van der Waals surface area contributed by atoms with Crippen molar-refractivity contribution in [2.24, 2.45) is 0 Å². The van der Waals surface area contributed by atoms with Crippen LogP contribution in [-0.2, 0) is 4.74 Å². The summed E-state index contributed by atoms with van der Waals surface area (Å²) in [5.74, 6) is -0.495. The number of carbonyl (C=O) groups excluding carboxylic acids is 1. The van der Waals surface area contributed by atoms with Crippen molar-refractivity contribution in [2.75, 3.05) is 25.6 Å². The van der Waals surface area contributed by atoms with Gasteiger partial charge in [-0.1, -0.05) is 11.6 Å². The largest absolute Gasteiger partial charge is 0.465 e. The van der Waals surface area contributed by atoms with Crippen LogP contribution in [0.3, 0.4) is 0 Å². The predicted octanol–water partition coefficient (Wildman–Crippen LogP) is 1.20. The molecule has 0 aliphatic carbocycles. The van der Waals surface area contributed by atoms with Gasteiger partial charge in [0.1, 0.15) is 0 Å². The lowest BCUT2D eigenvalue weighted by Crippen LogP contribution is -2.23. The lowest BCUT2D eigenvalue weighted by Gasteiger charge is -2.14. The van der Waals surface area contributed by atoms with Gasteiger partial charge < -0.3 is 20.3 Å². The average molecular weight is 274 g/mol. The molecular weight excluding hydrogens is 258 g/mol. The number of anilines is 1. The molecule has 0 bridgehead atoms. The Morgan fingerprint density at radius 1 is 1.56 bits per heavy atom. The fraction of sp³-hybridized carbons (Fsp3) is 0.417. The standard InChI is InChI=1S/C12H16ClNO4/c1-7-3-9(12(17)18-2)10(13)4-11(7)14-5-8(16)6-15/h3-4,8,14-16H,5-6H2,1-2H3. The highest BCUT2D eigenvalue weighted by atomic mass is 35.5. The quantitative estimate of drug-likeness (QED) is 0.703. The number of aryl methyl sites for hydroxylation is 1. The first-order chi connectivity index (χ1) is 8.49. The summed E-state index contributed by atoms with van der Waals surface area (Å²) in [6.45, 7) is 1.68. The summed E-state index contributed by atoms with van der Waals surface area (Å²) in [5, 5.41) is 21.2. The van der Waals surface area contributed by atoms with Crippen LogP contribution in [0.5, 0.6) is 0 Å². The number of hydrogen-bond donors (Lipinski definition) is 3. The maximum atomic E-state index is 11.4. The van der Waals surface area contributed by atoms with E-state index >= 15 is 0 Å². The zero-order valence-electron chi connectivity index (χ0n) is 10.2. The normalized spacial score (nSPS) is 12.1. The summed E-state index contributed by atoms with van der Waals surface area (Å²) in [7, 11) is 1.29. The maximum Gasteiger partial charge on any atom is 0.339 e. The van der Waals surface area contributed by atoms with Gasteiger partial charge in [-0.2, -0.15) is 0 Å².